The van der Waals surface area contributed by atoms with Crippen molar-refractivity contribution in [2.75, 3.05) is 0 Å². The number of aromatic hydroxyl groups is 1. The van der Waals surface area contributed by atoms with Gasteiger partial charge in [0.15, 0.2) is 0 Å². The van der Waals surface area contributed by atoms with Crippen molar-refractivity contribution in [2.24, 2.45) is 7.05 Å². The second-order valence-corrected chi connectivity index (χ2v) is 6.36. The Morgan fingerprint density at radius 1 is 1.15 bits per heavy atom. The number of nitrogens with zero attached hydrogens (tertiary/aromatic N) is 2. The minimum atomic E-state index is -0.577. The summed E-state index contributed by atoms with van der Waals surface area (Å²) in [6, 6.07) is 3.52. The highest BCUT2D eigenvalue weighted by Crippen LogP contribution is 2.37. The fourth-order valence-electron chi connectivity index (χ4n) is 2.36. The van der Waals surface area contributed by atoms with Gasteiger partial charge in [0.25, 0.3) is 0 Å². The molecule has 106 valence electrons. The predicted octanol–water partition coefficient (Wildman–Crippen LogP) is 1.58. The number of aromatic nitrogens is 2. The lowest BCUT2D eigenvalue weighted by Crippen LogP contribution is -2.41. The average Bonchev–Trinajstić information content (AvgIpc) is 2.74. The van der Waals surface area contributed by atoms with E-state index in [-0.39, 0.29) is 5.75 Å². The molecule has 20 heavy (non-hydrogen) atoms. The molecule has 0 atom stereocenters. The first-order chi connectivity index (χ1) is 9.19. The van der Waals surface area contributed by atoms with Gasteiger partial charge >= 0.3 is 7.12 Å². The summed E-state index contributed by atoms with van der Waals surface area (Å²) in [6.07, 6.45) is 1.86. The molecule has 1 aliphatic rings. The van der Waals surface area contributed by atoms with Crippen LogP contribution >= 0.6 is 0 Å². The number of aryl methyl sites for hydroxylation is 1. The van der Waals surface area contributed by atoms with Crippen molar-refractivity contribution in [3.05, 3.63) is 18.3 Å². The molecule has 2 aromatic rings. The van der Waals surface area contributed by atoms with Crippen LogP contribution in [0.15, 0.2) is 18.3 Å². The first-order valence-corrected chi connectivity index (χ1v) is 6.71. The van der Waals surface area contributed by atoms with Crippen molar-refractivity contribution >= 4 is 23.5 Å². The largest absolute Gasteiger partial charge is 0.508 e. The molecule has 1 saturated heterocycles. The Kier molecular flexibility index (Phi) is 2.69. The molecule has 1 aliphatic heterocycles. The Balaban J connectivity index is 2.05. The molecule has 2 heterocycles. The van der Waals surface area contributed by atoms with Gasteiger partial charge in [0.05, 0.1) is 16.7 Å². The molecular formula is C14H19BN2O3. The summed E-state index contributed by atoms with van der Waals surface area (Å²) >= 11 is 0. The Labute approximate surface area is 118 Å². The molecule has 0 saturated carbocycles. The van der Waals surface area contributed by atoms with Crippen molar-refractivity contribution in [3.63, 3.8) is 0 Å². The molecule has 0 spiro atoms. The highest BCUT2D eigenvalue weighted by atomic mass is 16.7. The Bertz CT molecular complexity index is 662. The zero-order valence-electron chi connectivity index (χ0n) is 12.5. The van der Waals surface area contributed by atoms with Crippen LogP contribution < -0.4 is 5.46 Å². The second kappa shape index (κ2) is 3.99. The van der Waals surface area contributed by atoms with E-state index in [0.29, 0.717) is 5.46 Å². The van der Waals surface area contributed by atoms with Crippen molar-refractivity contribution in [1.29, 1.82) is 0 Å². The SMILES string of the molecule is Cn1cc2cc(O)c(B3OC(C)(C)C(C)(C)O3)cc2n1. The molecule has 1 fully saturated rings. The zero-order chi connectivity index (χ0) is 14.7. The van der Waals surface area contributed by atoms with Gasteiger partial charge in [-0.15, -0.1) is 0 Å². The zero-order valence-corrected chi connectivity index (χ0v) is 12.5. The van der Waals surface area contributed by atoms with Gasteiger partial charge in [-0.2, -0.15) is 5.10 Å². The van der Waals surface area contributed by atoms with Crippen LogP contribution in [-0.4, -0.2) is 33.2 Å². The predicted molar refractivity (Wildman–Crippen MR) is 78.1 cm³/mol. The van der Waals surface area contributed by atoms with Crippen LogP contribution in [0.4, 0.5) is 0 Å². The Morgan fingerprint density at radius 2 is 1.75 bits per heavy atom. The summed E-state index contributed by atoms with van der Waals surface area (Å²) in [5.74, 6) is 0.170. The van der Waals surface area contributed by atoms with Gasteiger partial charge in [-0.1, -0.05) is 0 Å². The molecule has 0 bridgehead atoms. The molecule has 3 rings (SSSR count). The smallest absolute Gasteiger partial charge is 0.498 e. The quantitative estimate of drug-likeness (QED) is 0.802. The lowest BCUT2D eigenvalue weighted by Gasteiger charge is -2.32. The number of phenols is 1. The summed E-state index contributed by atoms with van der Waals surface area (Å²) in [7, 11) is 1.28. The van der Waals surface area contributed by atoms with Gasteiger partial charge in [0.2, 0.25) is 0 Å². The molecule has 0 amide bonds. The fraction of sp³-hybridized carbons (Fsp3) is 0.500. The van der Waals surface area contributed by atoms with Gasteiger partial charge in [-0.25, -0.2) is 0 Å². The topological polar surface area (TPSA) is 56.5 Å². The summed E-state index contributed by atoms with van der Waals surface area (Å²) in [5, 5.41) is 15.5. The van der Waals surface area contributed by atoms with Gasteiger partial charge in [-0.05, 0) is 39.8 Å². The maximum absolute atomic E-state index is 10.2. The highest BCUT2D eigenvalue weighted by molar-refractivity contribution is 6.63. The maximum Gasteiger partial charge on any atom is 0.498 e. The first kappa shape index (κ1) is 13.5. The summed E-state index contributed by atoms with van der Waals surface area (Å²) in [4.78, 5) is 0. The molecule has 0 unspecified atom stereocenters. The monoisotopic (exact) mass is 274 g/mol. The lowest BCUT2D eigenvalue weighted by atomic mass is 9.78. The van der Waals surface area contributed by atoms with E-state index in [1.807, 2.05) is 47.0 Å². The van der Waals surface area contributed by atoms with Crippen LogP contribution in [0, 0.1) is 0 Å². The molecule has 1 aromatic heterocycles. The van der Waals surface area contributed by atoms with E-state index in [9.17, 15) is 5.11 Å². The van der Waals surface area contributed by atoms with E-state index < -0.39 is 18.3 Å². The second-order valence-electron chi connectivity index (χ2n) is 6.36. The first-order valence-electron chi connectivity index (χ1n) is 6.71. The highest BCUT2D eigenvalue weighted by Gasteiger charge is 2.52. The normalized spacial score (nSPS) is 20.8. The Morgan fingerprint density at radius 3 is 2.35 bits per heavy atom. The molecule has 6 heteroatoms. The summed E-state index contributed by atoms with van der Waals surface area (Å²) in [5.41, 5.74) is 0.580. The van der Waals surface area contributed by atoms with Crippen molar-refractivity contribution in [2.45, 2.75) is 38.9 Å². The molecule has 1 aromatic carbocycles. The fourth-order valence-corrected chi connectivity index (χ4v) is 2.36. The number of hydrogen-bond acceptors (Lipinski definition) is 4. The van der Waals surface area contributed by atoms with E-state index in [1.54, 1.807) is 10.7 Å². The van der Waals surface area contributed by atoms with Gasteiger partial charge in [0, 0.05) is 24.1 Å². The molecular weight excluding hydrogens is 255 g/mol. The third kappa shape index (κ3) is 1.91. The van der Waals surface area contributed by atoms with Crippen LogP contribution in [0.3, 0.4) is 0 Å². The van der Waals surface area contributed by atoms with Crippen LogP contribution in [0.2, 0.25) is 0 Å². The van der Waals surface area contributed by atoms with E-state index in [4.69, 9.17) is 9.31 Å². The third-order valence-corrected chi connectivity index (χ3v) is 4.27. The Hall–Kier alpha value is -1.53. The van der Waals surface area contributed by atoms with E-state index >= 15 is 0 Å². The third-order valence-electron chi connectivity index (χ3n) is 4.27. The van der Waals surface area contributed by atoms with E-state index in [1.165, 1.54) is 0 Å². The number of fused-ring (bicyclic) bond motifs is 1. The standard InChI is InChI=1S/C14H19BN2O3/c1-13(2)14(3,4)20-15(19-13)10-7-11-9(6-12(10)18)8-17(5)16-11/h6-8,18H,1-5H3. The number of hydrogen-bond donors (Lipinski definition) is 1. The molecule has 0 aliphatic carbocycles. The summed E-state index contributed by atoms with van der Waals surface area (Å²) in [6.45, 7) is 7.96. The number of rotatable bonds is 1. The van der Waals surface area contributed by atoms with Crippen molar-refractivity contribution < 1.29 is 14.4 Å². The van der Waals surface area contributed by atoms with Gasteiger partial charge in [0.1, 0.15) is 5.75 Å². The van der Waals surface area contributed by atoms with Gasteiger partial charge < -0.3 is 14.4 Å². The van der Waals surface area contributed by atoms with Crippen molar-refractivity contribution in [1.82, 2.24) is 9.78 Å². The van der Waals surface area contributed by atoms with E-state index in [0.717, 1.165) is 10.9 Å². The number of benzene rings is 1. The van der Waals surface area contributed by atoms with Gasteiger partial charge in [-0.3, -0.25) is 4.68 Å². The molecule has 1 N–H and O–H groups in total. The van der Waals surface area contributed by atoms with Crippen LogP contribution in [0.1, 0.15) is 27.7 Å². The molecule has 5 nitrogen and oxygen atoms in total. The minimum absolute atomic E-state index is 0.170. The maximum atomic E-state index is 10.2. The number of phenolic OH excluding ortho intramolecular Hbond substituents is 1. The average molecular weight is 274 g/mol. The molecule has 0 radical (unpaired) electrons. The van der Waals surface area contributed by atoms with Crippen LogP contribution in [-0.2, 0) is 16.4 Å². The van der Waals surface area contributed by atoms with Crippen LogP contribution in [0.5, 0.6) is 5.75 Å². The van der Waals surface area contributed by atoms with Crippen molar-refractivity contribution in [3.8, 4) is 5.75 Å². The van der Waals surface area contributed by atoms with Crippen LogP contribution in [0.25, 0.3) is 10.9 Å². The lowest BCUT2D eigenvalue weighted by molar-refractivity contribution is 0.00578. The summed E-state index contributed by atoms with van der Waals surface area (Å²) < 4.78 is 13.7. The minimum Gasteiger partial charge on any atom is -0.508 e. The van der Waals surface area contributed by atoms with E-state index in [2.05, 4.69) is 5.10 Å².